The summed E-state index contributed by atoms with van der Waals surface area (Å²) in [6.45, 7) is 1.32. The second kappa shape index (κ2) is 4.65. The van der Waals surface area contributed by atoms with Crippen LogP contribution >= 0.6 is 0 Å². The molecule has 0 atom stereocenters. The molecule has 0 aromatic rings. The Labute approximate surface area is 63.5 Å². The van der Waals surface area contributed by atoms with Gasteiger partial charge in [0.05, 0.1) is 0 Å². The van der Waals surface area contributed by atoms with Gasteiger partial charge in [0.15, 0.2) is 0 Å². The predicted octanol–water partition coefficient (Wildman–Crippen LogP) is -0.994. The molecular weight excluding hydrogens is 152 g/mol. The molecule has 0 spiro atoms. The van der Waals surface area contributed by atoms with E-state index < -0.39 is 10.9 Å². The molecule has 0 bridgehead atoms. The van der Waals surface area contributed by atoms with Gasteiger partial charge in [-0.3, -0.25) is 0 Å². The highest BCUT2D eigenvalue weighted by molar-refractivity contribution is 7.69. The van der Waals surface area contributed by atoms with Crippen molar-refractivity contribution >= 4 is 10.9 Å². The fraction of sp³-hybridized carbons (Fsp3) is 1.00. The van der Waals surface area contributed by atoms with Gasteiger partial charge in [0.1, 0.15) is 0 Å². The highest BCUT2D eigenvalue weighted by Crippen LogP contribution is 1.81. The second-order valence-electron chi connectivity index (χ2n) is 2.42. The van der Waals surface area contributed by atoms with Gasteiger partial charge < -0.3 is 4.90 Å². The SMILES string of the molecule is CN(C)CCN(C)[SH](=O)=O. The Morgan fingerprint density at radius 2 is 1.60 bits per heavy atom. The summed E-state index contributed by atoms with van der Waals surface area (Å²) >= 11 is 0. The lowest BCUT2D eigenvalue weighted by atomic mass is 10.6. The first-order chi connectivity index (χ1) is 4.54. The highest BCUT2D eigenvalue weighted by atomic mass is 32.2. The summed E-state index contributed by atoms with van der Waals surface area (Å²) in [5.41, 5.74) is 0. The first kappa shape index (κ1) is 9.87. The molecule has 0 radical (unpaired) electrons. The van der Waals surface area contributed by atoms with Gasteiger partial charge in [-0.25, -0.2) is 12.7 Å². The van der Waals surface area contributed by atoms with Crippen LogP contribution in [0.3, 0.4) is 0 Å². The fourth-order valence-electron chi connectivity index (χ4n) is 0.426. The van der Waals surface area contributed by atoms with E-state index in [4.69, 9.17) is 0 Å². The molecule has 0 amide bonds. The van der Waals surface area contributed by atoms with E-state index in [9.17, 15) is 8.42 Å². The molecule has 0 aromatic heterocycles. The van der Waals surface area contributed by atoms with Gasteiger partial charge in [-0.1, -0.05) is 0 Å². The topological polar surface area (TPSA) is 40.6 Å². The molecule has 0 unspecified atom stereocenters. The Morgan fingerprint density at radius 3 is 1.90 bits per heavy atom. The van der Waals surface area contributed by atoms with Gasteiger partial charge in [-0.15, -0.1) is 0 Å². The maximum atomic E-state index is 10.3. The summed E-state index contributed by atoms with van der Waals surface area (Å²) in [5, 5.41) is 0. The number of likely N-dealkylation sites (N-methyl/N-ethyl adjacent to an activating group) is 2. The smallest absolute Gasteiger partial charge is 0.203 e. The molecule has 0 aliphatic carbocycles. The Bertz CT molecular complexity index is 148. The average molecular weight is 166 g/mol. The van der Waals surface area contributed by atoms with Gasteiger partial charge >= 0.3 is 0 Å². The van der Waals surface area contributed by atoms with Crippen LogP contribution in [0.4, 0.5) is 0 Å². The highest BCUT2D eigenvalue weighted by Gasteiger charge is 1.98. The third kappa shape index (κ3) is 4.72. The summed E-state index contributed by atoms with van der Waals surface area (Å²) in [6.07, 6.45) is 0. The minimum absolute atomic E-state index is 0.561. The van der Waals surface area contributed by atoms with Gasteiger partial charge in [-0.2, -0.15) is 0 Å². The Balaban J connectivity index is 3.49. The van der Waals surface area contributed by atoms with E-state index in [2.05, 4.69) is 0 Å². The van der Waals surface area contributed by atoms with Crippen LogP contribution in [0.25, 0.3) is 0 Å². The number of hydrogen-bond donors (Lipinski definition) is 1. The zero-order chi connectivity index (χ0) is 8.15. The van der Waals surface area contributed by atoms with E-state index in [1.54, 1.807) is 7.05 Å². The van der Waals surface area contributed by atoms with Crippen molar-refractivity contribution in [3.63, 3.8) is 0 Å². The van der Waals surface area contributed by atoms with Crippen LogP contribution in [0.15, 0.2) is 0 Å². The standard InChI is InChI=1S/C5H14N2O2S/c1-6(2)4-5-7(3)10(8)9/h10H,4-5H2,1-3H3. The first-order valence-electron chi connectivity index (χ1n) is 3.04. The molecular formula is C5H14N2O2S. The molecule has 4 nitrogen and oxygen atoms in total. The predicted molar refractivity (Wildman–Crippen MR) is 41.5 cm³/mol. The summed E-state index contributed by atoms with van der Waals surface area (Å²) in [4.78, 5) is 1.94. The van der Waals surface area contributed by atoms with E-state index in [-0.39, 0.29) is 0 Å². The van der Waals surface area contributed by atoms with Crippen LogP contribution in [-0.4, -0.2) is 51.9 Å². The molecule has 0 fully saturated rings. The van der Waals surface area contributed by atoms with Gasteiger partial charge in [0, 0.05) is 20.1 Å². The quantitative estimate of drug-likeness (QED) is 0.545. The monoisotopic (exact) mass is 166 g/mol. The lowest BCUT2D eigenvalue weighted by Gasteiger charge is -2.12. The number of nitrogens with zero attached hydrogens (tertiary/aromatic N) is 2. The van der Waals surface area contributed by atoms with Crippen molar-refractivity contribution in [2.75, 3.05) is 34.2 Å². The minimum atomic E-state index is -2.39. The van der Waals surface area contributed by atoms with Crippen LogP contribution in [0.1, 0.15) is 0 Å². The van der Waals surface area contributed by atoms with Crippen LogP contribution in [0.2, 0.25) is 0 Å². The number of hydrogen-bond acceptors (Lipinski definition) is 3. The Kier molecular flexibility index (Phi) is 4.59. The zero-order valence-corrected chi connectivity index (χ0v) is 7.47. The molecule has 0 saturated heterocycles. The Hall–Kier alpha value is -0.130. The molecule has 10 heavy (non-hydrogen) atoms. The Morgan fingerprint density at radius 1 is 1.10 bits per heavy atom. The summed E-state index contributed by atoms with van der Waals surface area (Å²) in [7, 11) is 3.00. The average Bonchev–Trinajstić information content (AvgIpc) is 1.82. The van der Waals surface area contributed by atoms with Crippen molar-refractivity contribution in [2.45, 2.75) is 0 Å². The molecule has 0 saturated carbocycles. The van der Waals surface area contributed by atoms with Crippen molar-refractivity contribution in [3.8, 4) is 0 Å². The normalized spacial score (nSPS) is 11.8. The van der Waals surface area contributed by atoms with Crippen LogP contribution in [0.5, 0.6) is 0 Å². The van der Waals surface area contributed by atoms with Crippen molar-refractivity contribution in [1.29, 1.82) is 0 Å². The molecule has 0 aliphatic heterocycles. The summed E-state index contributed by atoms with van der Waals surface area (Å²) < 4.78 is 21.8. The van der Waals surface area contributed by atoms with Crippen LogP contribution < -0.4 is 0 Å². The lowest BCUT2D eigenvalue weighted by Crippen LogP contribution is -2.27. The molecule has 0 N–H and O–H groups in total. The molecule has 0 aliphatic rings. The summed E-state index contributed by atoms with van der Waals surface area (Å²) in [6, 6.07) is 0. The molecule has 0 aromatic carbocycles. The molecule has 5 heteroatoms. The van der Waals surface area contributed by atoms with Gasteiger partial charge in [0.2, 0.25) is 10.9 Å². The number of thiol groups is 1. The van der Waals surface area contributed by atoms with Crippen LogP contribution in [-0.2, 0) is 10.9 Å². The van der Waals surface area contributed by atoms with Crippen molar-refractivity contribution in [3.05, 3.63) is 0 Å². The van der Waals surface area contributed by atoms with Crippen molar-refractivity contribution in [2.24, 2.45) is 0 Å². The molecule has 62 valence electrons. The van der Waals surface area contributed by atoms with Gasteiger partial charge in [-0.05, 0) is 14.1 Å². The zero-order valence-electron chi connectivity index (χ0n) is 6.57. The summed E-state index contributed by atoms with van der Waals surface area (Å²) in [5.74, 6) is 0. The van der Waals surface area contributed by atoms with E-state index >= 15 is 0 Å². The largest absolute Gasteiger partial charge is 0.308 e. The van der Waals surface area contributed by atoms with E-state index in [1.165, 1.54) is 4.31 Å². The molecule has 0 rings (SSSR count). The van der Waals surface area contributed by atoms with E-state index in [0.29, 0.717) is 6.54 Å². The lowest BCUT2D eigenvalue weighted by molar-refractivity contribution is 0.363. The van der Waals surface area contributed by atoms with Crippen molar-refractivity contribution in [1.82, 2.24) is 9.21 Å². The van der Waals surface area contributed by atoms with E-state index in [1.807, 2.05) is 19.0 Å². The third-order valence-electron chi connectivity index (χ3n) is 1.15. The van der Waals surface area contributed by atoms with E-state index in [0.717, 1.165) is 6.54 Å². The fourth-order valence-corrected chi connectivity index (χ4v) is 0.679. The molecule has 0 heterocycles. The maximum Gasteiger partial charge on any atom is 0.203 e. The van der Waals surface area contributed by atoms with Crippen molar-refractivity contribution < 1.29 is 8.42 Å². The number of rotatable bonds is 4. The van der Waals surface area contributed by atoms with Crippen LogP contribution in [0, 0.1) is 0 Å². The second-order valence-corrected chi connectivity index (χ2v) is 3.58. The maximum absolute atomic E-state index is 10.3. The first-order valence-corrected chi connectivity index (χ1v) is 4.17. The van der Waals surface area contributed by atoms with Gasteiger partial charge in [0.25, 0.3) is 0 Å². The third-order valence-corrected chi connectivity index (χ3v) is 1.91. The minimum Gasteiger partial charge on any atom is -0.308 e.